The third-order valence-electron chi connectivity index (χ3n) is 3.84. The number of hydrogen-bond acceptors (Lipinski definition) is 3. The molecule has 108 valence electrons. The van der Waals surface area contributed by atoms with E-state index in [1.54, 1.807) is 17.0 Å². The average Bonchev–Trinajstić information content (AvgIpc) is 2.46. The number of fused-ring (bicyclic) bond motifs is 1. The van der Waals surface area contributed by atoms with Crippen LogP contribution in [0, 0.1) is 13.8 Å². The molecule has 1 heterocycles. The molecule has 4 heteroatoms. The van der Waals surface area contributed by atoms with Gasteiger partial charge < -0.3 is 15.4 Å². The average molecular weight is 282 g/mol. The molecular weight excluding hydrogens is 264 g/mol. The van der Waals surface area contributed by atoms with Crippen LogP contribution in [0.5, 0.6) is 5.75 Å². The second kappa shape index (κ2) is 5.13. The van der Waals surface area contributed by atoms with Crippen molar-refractivity contribution in [2.75, 3.05) is 17.2 Å². The van der Waals surface area contributed by atoms with Crippen molar-refractivity contribution in [1.82, 2.24) is 0 Å². The van der Waals surface area contributed by atoms with Crippen molar-refractivity contribution in [3.8, 4) is 5.75 Å². The molecule has 21 heavy (non-hydrogen) atoms. The summed E-state index contributed by atoms with van der Waals surface area (Å²) in [6.45, 7) is 4.75. The Balaban J connectivity index is 1.96. The maximum absolute atomic E-state index is 12.2. The third-order valence-corrected chi connectivity index (χ3v) is 3.84. The zero-order chi connectivity index (χ0) is 15.0. The van der Waals surface area contributed by atoms with Gasteiger partial charge in [0.05, 0.1) is 12.2 Å². The lowest BCUT2D eigenvalue weighted by molar-refractivity contribution is -0.121. The molecule has 0 unspecified atom stereocenters. The Labute approximate surface area is 124 Å². The zero-order valence-electron chi connectivity index (χ0n) is 12.2. The molecule has 3 rings (SSSR count). The quantitative estimate of drug-likeness (QED) is 0.862. The molecule has 0 fully saturated rings. The number of nitrogen functional groups attached to an aromatic ring is 1. The summed E-state index contributed by atoms with van der Waals surface area (Å²) in [5.74, 6) is 0.652. The maximum atomic E-state index is 12.2. The molecule has 0 saturated heterocycles. The minimum atomic E-state index is -0.0497. The van der Waals surface area contributed by atoms with E-state index in [2.05, 4.69) is 32.0 Å². The van der Waals surface area contributed by atoms with Crippen LogP contribution in [0.15, 0.2) is 36.4 Å². The van der Waals surface area contributed by atoms with Crippen molar-refractivity contribution in [3.63, 3.8) is 0 Å². The van der Waals surface area contributed by atoms with E-state index in [1.165, 1.54) is 11.1 Å². The number of nitrogens with two attached hydrogens (primary N) is 1. The highest BCUT2D eigenvalue weighted by Gasteiger charge is 2.25. The molecule has 0 aromatic heterocycles. The largest absolute Gasteiger partial charge is 0.482 e. The summed E-state index contributed by atoms with van der Waals surface area (Å²) in [7, 11) is 0. The predicted molar refractivity (Wildman–Crippen MR) is 83.5 cm³/mol. The van der Waals surface area contributed by atoms with Crippen molar-refractivity contribution in [3.05, 3.63) is 53.1 Å². The Morgan fingerprint density at radius 2 is 1.95 bits per heavy atom. The normalized spacial score (nSPS) is 13.8. The molecule has 4 nitrogen and oxygen atoms in total. The van der Waals surface area contributed by atoms with Crippen molar-refractivity contribution >= 4 is 17.3 Å². The van der Waals surface area contributed by atoms with Gasteiger partial charge in [0.25, 0.3) is 5.91 Å². The molecule has 2 N–H and O–H groups in total. The molecule has 0 saturated carbocycles. The number of rotatable bonds is 2. The van der Waals surface area contributed by atoms with Gasteiger partial charge in [0.1, 0.15) is 5.75 Å². The van der Waals surface area contributed by atoms with Gasteiger partial charge in [-0.2, -0.15) is 0 Å². The summed E-state index contributed by atoms with van der Waals surface area (Å²) < 4.78 is 5.45. The van der Waals surface area contributed by atoms with Crippen LogP contribution >= 0.6 is 0 Å². The van der Waals surface area contributed by atoms with Gasteiger partial charge in [0.2, 0.25) is 0 Å². The fourth-order valence-electron chi connectivity index (χ4n) is 2.48. The molecule has 1 amide bonds. The number of aryl methyl sites for hydroxylation is 2. The van der Waals surface area contributed by atoms with Crippen molar-refractivity contribution in [2.24, 2.45) is 0 Å². The van der Waals surface area contributed by atoms with Crippen LogP contribution in [0.3, 0.4) is 0 Å². The van der Waals surface area contributed by atoms with Gasteiger partial charge in [0, 0.05) is 5.69 Å². The van der Waals surface area contributed by atoms with Gasteiger partial charge in [-0.25, -0.2) is 0 Å². The van der Waals surface area contributed by atoms with Crippen molar-refractivity contribution < 1.29 is 9.53 Å². The number of ether oxygens (including phenoxy) is 1. The van der Waals surface area contributed by atoms with Crippen LogP contribution in [0.2, 0.25) is 0 Å². The van der Waals surface area contributed by atoms with Crippen LogP contribution in [0.4, 0.5) is 11.4 Å². The third kappa shape index (κ3) is 2.57. The van der Waals surface area contributed by atoms with E-state index in [0.29, 0.717) is 18.0 Å². The Bertz CT molecular complexity index is 710. The Hall–Kier alpha value is -2.49. The summed E-state index contributed by atoms with van der Waals surface area (Å²) in [5, 5.41) is 0. The summed E-state index contributed by atoms with van der Waals surface area (Å²) in [4.78, 5) is 13.9. The number of carbonyl (C=O) groups excluding carboxylic acids is 1. The van der Waals surface area contributed by atoms with Gasteiger partial charge in [-0.3, -0.25) is 4.79 Å². The van der Waals surface area contributed by atoms with E-state index in [0.717, 1.165) is 11.3 Å². The monoisotopic (exact) mass is 282 g/mol. The molecule has 2 aromatic rings. The SMILES string of the molecule is Cc1ccc(CN2C(=O)COc3ccc(N)cc32)cc1C. The first kappa shape index (κ1) is 13.5. The van der Waals surface area contributed by atoms with Gasteiger partial charge in [-0.15, -0.1) is 0 Å². The lowest BCUT2D eigenvalue weighted by atomic mass is 10.1. The van der Waals surface area contributed by atoms with Gasteiger partial charge in [0.15, 0.2) is 6.61 Å². The predicted octanol–water partition coefficient (Wildman–Crippen LogP) is 2.81. The fraction of sp³-hybridized carbons (Fsp3) is 0.235. The van der Waals surface area contributed by atoms with Crippen LogP contribution in [0.1, 0.15) is 16.7 Å². The number of hydrogen-bond donors (Lipinski definition) is 1. The lowest BCUT2D eigenvalue weighted by Crippen LogP contribution is -2.38. The second-order valence-electron chi connectivity index (χ2n) is 5.41. The Morgan fingerprint density at radius 3 is 2.71 bits per heavy atom. The Kier molecular flexibility index (Phi) is 3.29. The zero-order valence-corrected chi connectivity index (χ0v) is 12.2. The summed E-state index contributed by atoms with van der Waals surface area (Å²) in [6, 6.07) is 11.6. The highest BCUT2D eigenvalue weighted by atomic mass is 16.5. The van der Waals surface area contributed by atoms with Crippen LogP contribution < -0.4 is 15.4 Å². The summed E-state index contributed by atoms with van der Waals surface area (Å²) in [6.07, 6.45) is 0. The number of carbonyl (C=O) groups is 1. The molecule has 0 spiro atoms. The maximum Gasteiger partial charge on any atom is 0.265 e. The van der Waals surface area contributed by atoms with Crippen LogP contribution in [-0.4, -0.2) is 12.5 Å². The second-order valence-corrected chi connectivity index (χ2v) is 5.41. The van der Waals surface area contributed by atoms with Crippen molar-refractivity contribution in [2.45, 2.75) is 20.4 Å². The topological polar surface area (TPSA) is 55.6 Å². The summed E-state index contributed by atoms with van der Waals surface area (Å²) in [5.41, 5.74) is 10.8. The van der Waals surface area contributed by atoms with E-state index in [4.69, 9.17) is 10.5 Å². The van der Waals surface area contributed by atoms with Gasteiger partial charge in [-0.05, 0) is 48.7 Å². The van der Waals surface area contributed by atoms with E-state index in [9.17, 15) is 4.79 Å². The minimum absolute atomic E-state index is 0.0497. The number of amides is 1. The van der Waals surface area contributed by atoms with E-state index in [1.807, 2.05) is 6.07 Å². The van der Waals surface area contributed by atoms with Crippen molar-refractivity contribution in [1.29, 1.82) is 0 Å². The number of anilines is 2. The molecule has 0 aliphatic carbocycles. The lowest BCUT2D eigenvalue weighted by Gasteiger charge is -2.29. The molecular formula is C17H18N2O2. The minimum Gasteiger partial charge on any atom is -0.482 e. The highest BCUT2D eigenvalue weighted by molar-refractivity contribution is 5.98. The highest BCUT2D eigenvalue weighted by Crippen LogP contribution is 2.34. The molecule has 0 radical (unpaired) electrons. The number of benzene rings is 2. The van der Waals surface area contributed by atoms with Crippen LogP contribution in [0.25, 0.3) is 0 Å². The molecule has 1 aliphatic rings. The fourth-order valence-corrected chi connectivity index (χ4v) is 2.48. The first-order valence-corrected chi connectivity index (χ1v) is 6.93. The first-order chi connectivity index (χ1) is 10.0. The Morgan fingerprint density at radius 1 is 1.14 bits per heavy atom. The molecule has 0 bridgehead atoms. The van der Waals surface area contributed by atoms with E-state index < -0.39 is 0 Å². The molecule has 0 atom stereocenters. The van der Waals surface area contributed by atoms with Gasteiger partial charge >= 0.3 is 0 Å². The summed E-state index contributed by atoms with van der Waals surface area (Å²) >= 11 is 0. The van der Waals surface area contributed by atoms with Gasteiger partial charge in [-0.1, -0.05) is 18.2 Å². The standard InChI is InChI=1S/C17H18N2O2/c1-11-3-4-13(7-12(11)2)9-19-15-8-14(18)5-6-16(15)21-10-17(19)20/h3-8H,9-10,18H2,1-2H3. The number of nitrogens with zero attached hydrogens (tertiary/aromatic N) is 1. The smallest absolute Gasteiger partial charge is 0.265 e. The van der Waals surface area contributed by atoms with E-state index >= 15 is 0 Å². The van der Waals surface area contributed by atoms with E-state index in [-0.39, 0.29) is 12.5 Å². The molecule has 1 aliphatic heterocycles. The van der Waals surface area contributed by atoms with Crippen LogP contribution in [-0.2, 0) is 11.3 Å². The first-order valence-electron chi connectivity index (χ1n) is 6.93. The molecule has 2 aromatic carbocycles.